The number of aliphatic hydroxyl groups is 1. The molecule has 1 rings (SSSR count). The molecule has 6 heteroatoms. The number of Topliss-reactive ketones (excluding diaryl/α,β-unsaturated/α-hetero) is 1. The summed E-state index contributed by atoms with van der Waals surface area (Å²) in [5.74, 6) is -1.23. The summed E-state index contributed by atoms with van der Waals surface area (Å²) in [6.07, 6.45) is 0.166. The van der Waals surface area contributed by atoms with Crippen LogP contribution in [0.5, 0.6) is 0 Å². The number of ketones is 1. The Labute approximate surface area is 119 Å². The molecule has 1 heterocycles. The van der Waals surface area contributed by atoms with Crippen LogP contribution in [-0.2, 0) is 11.8 Å². The van der Waals surface area contributed by atoms with Gasteiger partial charge in [-0.2, -0.15) is 5.10 Å². The van der Waals surface area contributed by atoms with Crippen molar-refractivity contribution < 1.29 is 14.7 Å². The maximum Gasteiger partial charge on any atom is 0.292 e. The standard InChI is InChI=1S/C14H23N3O3/c1-6-8(2)11(18)7-15-14(20)13(19)12-9(3)16-17(5)10(12)4/h8,11,18H,6-7H2,1-5H3,(H,15,20). The summed E-state index contributed by atoms with van der Waals surface area (Å²) in [6.45, 7) is 7.38. The molecule has 0 spiro atoms. The lowest BCUT2D eigenvalue weighted by molar-refractivity contribution is -0.117. The Morgan fingerprint density at radius 3 is 2.45 bits per heavy atom. The van der Waals surface area contributed by atoms with Gasteiger partial charge in [0.1, 0.15) is 0 Å². The van der Waals surface area contributed by atoms with Crippen molar-refractivity contribution in [1.29, 1.82) is 0 Å². The molecule has 0 saturated carbocycles. The van der Waals surface area contributed by atoms with E-state index in [-0.39, 0.29) is 12.5 Å². The first kappa shape index (κ1) is 16.4. The molecule has 1 aromatic rings. The molecule has 0 saturated heterocycles. The van der Waals surface area contributed by atoms with Crippen LogP contribution in [-0.4, -0.2) is 39.2 Å². The van der Waals surface area contributed by atoms with Crippen molar-refractivity contribution in [2.75, 3.05) is 6.54 Å². The number of aliphatic hydroxyl groups excluding tert-OH is 1. The van der Waals surface area contributed by atoms with Crippen LogP contribution in [0.15, 0.2) is 0 Å². The van der Waals surface area contributed by atoms with E-state index in [0.717, 1.165) is 6.42 Å². The maximum absolute atomic E-state index is 12.1. The van der Waals surface area contributed by atoms with Crippen molar-refractivity contribution in [3.05, 3.63) is 17.0 Å². The number of carbonyl (C=O) groups excluding carboxylic acids is 2. The Kier molecular flexibility index (Phi) is 5.44. The molecular weight excluding hydrogens is 258 g/mol. The highest BCUT2D eigenvalue weighted by Crippen LogP contribution is 2.13. The molecule has 1 amide bonds. The Morgan fingerprint density at radius 1 is 1.40 bits per heavy atom. The Bertz CT molecular complexity index is 508. The van der Waals surface area contributed by atoms with Crippen LogP contribution in [0.1, 0.15) is 42.0 Å². The van der Waals surface area contributed by atoms with Gasteiger partial charge >= 0.3 is 0 Å². The largest absolute Gasteiger partial charge is 0.391 e. The summed E-state index contributed by atoms with van der Waals surface area (Å²) < 4.78 is 1.57. The van der Waals surface area contributed by atoms with Crippen molar-refractivity contribution in [1.82, 2.24) is 15.1 Å². The van der Waals surface area contributed by atoms with Crippen molar-refractivity contribution in [2.24, 2.45) is 13.0 Å². The molecule has 0 radical (unpaired) electrons. The summed E-state index contributed by atoms with van der Waals surface area (Å²) in [5.41, 5.74) is 1.53. The van der Waals surface area contributed by atoms with Gasteiger partial charge in [0.15, 0.2) is 0 Å². The molecule has 0 aliphatic carbocycles. The van der Waals surface area contributed by atoms with Crippen molar-refractivity contribution >= 4 is 11.7 Å². The van der Waals surface area contributed by atoms with Crippen LogP contribution in [0.25, 0.3) is 0 Å². The molecule has 2 atom stereocenters. The van der Waals surface area contributed by atoms with Gasteiger partial charge < -0.3 is 10.4 Å². The van der Waals surface area contributed by atoms with Gasteiger partial charge in [0, 0.05) is 19.3 Å². The molecule has 0 bridgehead atoms. The quantitative estimate of drug-likeness (QED) is 0.595. The summed E-state index contributed by atoms with van der Waals surface area (Å²) in [5, 5.41) is 16.4. The summed E-state index contributed by atoms with van der Waals surface area (Å²) in [6, 6.07) is 0. The van der Waals surface area contributed by atoms with E-state index in [2.05, 4.69) is 10.4 Å². The molecular formula is C14H23N3O3. The highest BCUT2D eigenvalue weighted by molar-refractivity contribution is 6.43. The third kappa shape index (κ3) is 3.45. The summed E-state index contributed by atoms with van der Waals surface area (Å²) in [4.78, 5) is 24.0. The van der Waals surface area contributed by atoms with Gasteiger partial charge in [0.25, 0.3) is 11.7 Å². The van der Waals surface area contributed by atoms with Gasteiger partial charge in [-0.05, 0) is 19.8 Å². The molecule has 1 aromatic heterocycles. The van der Waals surface area contributed by atoms with Crippen LogP contribution >= 0.6 is 0 Å². The first-order chi connectivity index (χ1) is 9.29. The van der Waals surface area contributed by atoms with Crippen LogP contribution in [0.3, 0.4) is 0 Å². The third-order valence-corrected chi connectivity index (χ3v) is 3.71. The number of carbonyl (C=O) groups is 2. The zero-order chi connectivity index (χ0) is 15.4. The van der Waals surface area contributed by atoms with E-state index in [1.807, 2.05) is 13.8 Å². The molecule has 0 aliphatic rings. The normalized spacial score (nSPS) is 13.9. The van der Waals surface area contributed by atoms with E-state index in [4.69, 9.17) is 0 Å². The van der Waals surface area contributed by atoms with Crippen molar-refractivity contribution in [3.63, 3.8) is 0 Å². The van der Waals surface area contributed by atoms with Gasteiger partial charge in [0.2, 0.25) is 0 Å². The highest BCUT2D eigenvalue weighted by Gasteiger charge is 2.24. The third-order valence-electron chi connectivity index (χ3n) is 3.71. The van der Waals surface area contributed by atoms with Crippen molar-refractivity contribution in [2.45, 2.75) is 40.2 Å². The summed E-state index contributed by atoms with van der Waals surface area (Å²) >= 11 is 0. The van der Waals surface area contributed by atoms with Crippen LogP contribution < -0.4 is 5.32 Å². The fourth-order valence-corrected chi connectivity index (χ4v) is 1.97. The molecule has 0 fully saturated rings. The SMILES string of the molecule is CCC(C)C(O)CNC(=O)C(=O)c1c(C)nn(C)c1C. The Morgan fingerprint density at radius 2 is 2.00 bits per heavy atom. The van der Waals surface area contributed by atoms with Crippen LogP contribution in [0.4, 0.5) is 0 Å². The van der Waals surface area contributed by atoms with E-state index in [1.54, 1.807) is 25.6 Å². The minimum Gasteiger partial charge on any atom is -0.391 e. The molecule has 112 valence electrons. The van der Waals surface area contributed by atoms with Gasteiger partial charge in [-0.3, -0.25) is 14.3 Å². The maximum atomic E-state index is 12.1. The Hall–Kier alpha value is -1.69. The number of hydrogen-bond donors (Lipinski definition) is 2. The lowest BCUT2D eigenvalue weighted by Crippen LogP contribution is -2.39. The topological polar surface area (TPSA) is 84.2 Å². The average Bonchev–Trinajstić information content (AvgIpc) is 2.67. The molecule has 20 heavy (non-hydrogen) atoms. The Balaban J connectivity index is 2.71. The number of rotatable bonds is 6. The van der Waals surface area contributed by atoms with Crippen LogP contribution in [0.2, 0.25) is 0 Å². The molecule has 2 unspecified atom stereocenters. The minimum absolute atomic E-state index is 0.0762. The van der Waals surface area contributed by atoms with Gasteiger partial charge in [-0.25, -0.2) is 0 Å². The predicted molar refractivity (Wildman–Crippen MR) is 75.5 cm³/mol. The van der Waals surface area contributed by atoms with Crippen LogP contribution in [0, 0.1) is 19.8 Å². The smallest absolute Gasteiger partial charge is 0.292 e. The lowest BCUT2D eigenvalue weighted by Gasteiger charge is -2.17. The molecule has 0 aliphatic heterocycles. The minimum atomic E-state index is -0.702. The van der Waals surface area contributed by atoms with E-state index in [0.29, 0.717) is 17.0 Å². The van der Waals surface area contributed by atoms with E-state index in [1.165, 1.54) is 0 Å². The highest BCUT2D eigenvalue weighted by atomic mass is 16.3. The monoisotopic (exact) mass is 281 g/mol. The molecule has 2 N–H and O–H groups in total. The fraction of sp³-hybridized carbons (Fsp3) is 0.643. The summed E-state index contributed by atoms with van der Waals surface area (Å²) in [7, 11) is 1.73. The van der Waals surface area contributed by atoms with E-state index < -0.39 is 17.8 Å². The second-order valence-electron chi connectivity index (χ2n) is 5.16. The molecule has 6 nitrogen and oxygen atoms in total. The predicted octanol–water partition coefficient (Wildman–Crippen LogP) is 0.743. The number of amides is 1. The van der Waals surface area contributed by atoms with Gasteiger partial charge in [-0.1, -0.05) is 20.3 Å². The average molecular weight is 281 g/mol. The van der Waals surface area contributed by atoms with E-state index >= 15 is 0 Å². The van der Waals surface area contributed by atoms with Gasteiger partial charge in [0.05, 0.1) is 17.4 Å². The second kappa shape index (κ2) is 6.65. The number of nitrogens with zero attached hydrogens (tertiary/aromatic N) is 2. The first-order valence-corrected chi connectivity index (χ1v) is 6.80. The number of nitrogens with one attached hydrogen (secondary N) is 1. The second-order valence-corrected chi connectivity index (χ2v) is 5.16. The van der Waals surface area contributed by atoms with E-state index in [9.17, 15) is 14.7 Å². The number of aryl methyl sites for hydroxylation is 2. The molecule has 0 aromatic carbocycles. The zero-order valence-electron chi connectivity index (χ0n) is 12.7. The first-order valence-electron chi connectivity index (χ1n) is 6.80. The lowest BCUT2D eigenvalue weighted by atomic mass is 10.0. The van der Waals surface area contributed by atoms with Crippen molar-refractivity contribution in [3.8, 4) is 0 Å². The zero-order valence-corrected chi connectivity index (χ0v) is 12.7. The fourth-order valence-electron chi connectivity index (χ4n) is 1.97. The van der Waals surface area contributed by atoms with Gasteiger partial charge in [-0.15, -0.1) is 0 Å². The number of hydrogen-bond acceptors (Lipinski definition) is 4. The number of aromatic nitrogens is 2.